The molecule has 0 saturated carbocycles. The van der Waals surface area contributed by atoms with E-state index in [0.29, 0.717) is 13.1 Å². The Kier molecular flexibility index (Phi) is 3.41. The zero-order chi connectivity index (χ0) is 14.8. The van der Waals surface area contributed by atoms with Gasteiger partial charge in [-0.25, -0.2) is 0 Å². The van der Waals surface area contributed by atoms with Crippen LogP contribution in [0.25, 0.3) is 10.9 Å². The Morgan fingerprint density at radius 1 is 1.10 bits per heavy atom. The minimum Gasteiger partial charge on any atom is -0.343 e. The predicted octanol–water partition coefficient (Wildman–Crippen LogP) is 3.06. The number of nitro benzene ring substituents is 1. The highest BCUT2D eigenvalue weighted by molar-refractivity contribution is 5.83. The van der Waals surface area contributed by atoms with Crippen LogP contribution in [0.5, 0.6) is 0 Å². The second-order valence-electron chi connectivity index (χ2n) is 4.92. The van der Waals surface area contributed by atoms with Crippen molar-refractivity contribution < 1.29 is 4.92 Å². The van der Waals surface area contributed by atoms with Crippen LogP contribution in [0.4, 0.5) is 5.69 Å². The number of aromatic nitrogens is 1. The van der Waals surface area contributed by atoms with E-state index in [9.17, 15) is 10.1 Å². The highest BCUT2D eigenvalue weighted by Gasteiger charge is 2.07. The summed E-state index contributed by atoms with van der Waals surface area (Å²) in [4.78, 5) is 10.3. The van der Waals surface area contributed by atoms with Gasteiger partial charge in [0.15, 0.2) is 0 Å². The van der Waals surface area contributed by atoms with E-state index in [0.717, 1.165) is 22.0 Å². The normalized spacial score (nSPS) is 10.9. The first-order valence-corrected chi connectivity index (χ1v) is 6.69. The minimum absolute atomic E-state index is 0.113. The minimum atomic E-state index is -0.387. The second-order valence-corrected chi connectivity index (χ2v) is 4.92. The third kappa shape index (κ3) is 2.51. The number of fused-ring (bicyclic) bond motifs is 1. The fourth-order valence-corrected chi connectivity index (χ4v) is 2.52. The van der Waals surface area contributed by atoms with E-state index in [1.54, 1.807) is 12.1 Å². The number of nitrogens with zero attached hydrogens (tertiary/aromatic N) is 2. The molecular formula is C16H15N3O2. The van der Waals surface area contributed by atoms with Crippen LogP contribution < -0.4 is 5.73 Å². The van der Waals surface area contributed by atoms with Crippen LogP contribution in [0.2, 0.25) is 0 Å². The van der Waals surface area contributed by atoms with Gasteiger partial charge in [-0.1, -0.05) is 24.3 Å². The monoisotopic (exact) mass is 281 g/mol. The lowest BCUT2D eigenvalue weighted by Gasteiger charge is -2.07. The molecule has 106 valence electrons. The Balaban J connectivity index is 1.93. The summed E-state index contributed by atoms with van der Waals surface area (Å²) < 4.78 is 2.12. The third-order valence-corrected chi connectivity index (χ3v) is 3.62. The molecule has 5 heteroatoms. The van der Waals surface area contributed by atoms with Crippen LogP contribution in [-0.4, -0.2) is 9.49 Å². The molecule has 0 unspecified atom stereocenters. The molecule has 0 saturated heterocycles. The standard InChI is InChI=1S/C16H15N3O2/c17-10-13-2-1-3-16-15(13)8-9-18(16)11-12-4-6-14(7-5-12)19(20)21/h1-9H,10-11,17H2. The van der Waals surface area contributed by atoms with Crippen LogP contribution >= 0.6 is 0 Å². The number of non-ortho nitro benzene ring substituents is 1. The first kappa shape index (κ1) is 13.3. The average molecular weight is 281 g/mol. The summed E-state index contributed by atoms with van der Waals surface area (Å²) in [5.41, 5.74) is 9.13. The molecule has 3 aromatic rings. The maximum Gasteiger partial charge on any atom is 0.269 e. The summed E-state index contributed by atoms with van der Waals surface area (Å²) in [5, 5.41) is 11.8. The summed E-state index contributed by atoms with van der Waals surface area (Å²) in [7, 11) is 0. The van der Waals surface area contributed by atoms with Crippen molar-refractivity contribution >= 4 is 16.6 Å². The number of nitro groups is 1. The topological polar surface area (TPSA) is 74.1 Å². The molecule has 3 rings (SSSR count). The Labute approximate surface area is 121 Å². The number of benzene rings is 2. The number of hydrogen-bond acceptors (Lipinski definition) is 3. The molecule has 2 aromatic carbocycles. The van der Waals surface area contributed by atoms with E-state index < -0.39 is 0 Å². The number of hydrogen-bond donors (Lipinski definition) is 1. The van der Waals surface area contributed by atoms with E-state index in [1.807, 2.05) is 18.3 Å². The molecule has 5 nitrogen and oxygen atoms in total. The second kappa shape index (κ2) is 5.38. The maximum atomic E-state index is 10.7. The van der Waals surface area contributed by atoms with Crippen molar-refractivity contribution in [2.24, 2.45) is 5.73 Å². The van der Waals surface area contributed by atoms with E-state index in [-0.39, 0.29) is 10.6 Å². The zero-order valence-electron chi connectivity index (χ0n) is 11.4. The van der Waals surface area contributed by atoms with Gasteiger partial charge in [0.2, 0.25) is 0 Å². The lowest BCUT2D eigenvalue weighted by Crippen LogP contribution is -2.00. The van der Waals surface area contributed by atoms with Crippen molar-refractivity contribution in [2.45, 2.75) is 13.1 Å². The van der Waals surface area contributed by atoms with Gasteiger partial charge in [-0.2, -0.15) is 0 Å². The smallest absolute Gasteiger partial charge is 0.269 e. The molecule has 0 spiro atoms. The number of nitrogens with two attached hydrogens (primary N) is 1. The van der Waals surface area contributed by atoms with E-state index >= 15 is 0 Å². The number of rotatable bonds is 4. The third-order valence-electron chi connectivity index (χ3n) is 3.62. The summed E-state index contributed by atoms with van der Waals surface area (Å²) >= 11 is 0. The summed E-state index contributed by atoms with van der Waals surface area (Å²) in [6.07, 6.45) is 2.02. The van der Waals surface area contributed by atoms with Gasteiger partial charge in [0.05, 0.1) is 4.92 Å². The summed E-state index contributed by atoms with van der Waals surface area (Å²) in [6, 6.07) is 14.8. The van der Waals surface area contributed by atoms with Crippen molar-refractivity contribution in [3.05, 3.63) is 76.0 Å². The van der Waals surface area contributed by atoms with Gasteiger partial charge in [-0.15, -0.1) is 0 Å². The van der Waals surface area contributed by atoms with Crippen molar-refractivity contribution in [3.8, 4) is 0 Å². The molecule has 0 aliphatic carbocycles. The van der Waals surface area contributed by atoms with E-state index in [4.69, 9.17) is 5.73 Å². The Morgan fingerprint density at radius 2 is 1.86 bits per heavy atom. The molecule has 0 atom stereocenters. The molecule has 0 radical (unpaired) electrons. The molecule has 0 amide bonds. The van der Waals surface area contributed by atoms with Crippen LogP contribution in [0.1, 0.15) is 11.1 Å². The SMILES string of the molecule is NCc1cccc2c1ccn2Cc1ccc([N+](=O)[O-])cc1. The molecular weight excluding hydrogens is 266 g/mol. The Hall–Kier alpha value is -2.66. The van der Waals surface area contributed by atoms with Gasteiger partial charge < -0.3 is 10.3 Å². The maximum absolute atomic E-state index is 10.7. The van der Waals surface area contributed by atoms with Gasteiger partial charge in [-0.3, -0.25) is 10.1 Å². The lowest BCUT2D eigenvalue weighted by molar-refractivity contribution is -0.384. The van der Waals surface area contributed by atoms with Crippen LogP contribution in [-0.2, 0) is 13.1 Å². The summed E-state index contributed by atoms with van der Waals surface area (Å²) in [6.45, 7) is 1.19. The zero-order valence-corrected chi connectivity index (χ0v) is 11.4. The van der Waals surface area contributed by atoms with Gasteiger partial charge in [0.25, 0.3) is 5.69 Å². The van der Waals surface area contributed by atoms with Gasteiger partial charge >= 0.3 is 0 Å². The fraction of sp³-hybridized carbons (Fsp3) is 0.125. The van der Waals surface area contributed by atoms with Crippen LogP contribution in [0.3, 0.4) is 0 Å². The van der Waals surface area contributed by atoms with Crippen LogP contribution in [0, 0.1) is 10.1 Å². The highest BCUT2D eigenvalue weighted by atomic mass is 16.6. The van der Waals surface area contributed by atoms with Crippen molar-refractivity contribution in [1.29, 1.82) is 0 Å². The average Bonchev–Trinajstić information content (AvgIpc) is 2.91. The quantitative estimate of drug-likeness (QED) is 0.590. The fourth-order valence-electron chi connectivity index (χ4n) is 2.52. The van der Waals surface area contributed by atoms with Crippen molar-refractivity contribution in [1.82, 2.24) is 4.57 Å². The van der Waals surface area contributed by atoms with Gasteiger partial charge in [0, 0.05) is 42.3 Å². The molecule has 21 heavy (non-hydrogen) atoms. The van der Waals surface area contributed by atoms with Crippen molar-refractivity contribution in [2.75, 3.05) is 0 Å². The molecule has 1 heterocycles. The Bertz CT molecular complexity index is 791. The highest BCUT2D eigenvalue weighted by Crippen LogP contribution is 2.21. The molecule has 2 N–H and O–H groups in total. The largest absolute Gasteiger partial charge is 0.343 e. The molecule has 0 fully saturated rings. The van der Waals surface area contributed by atoms with Crippen LogP contribution in [0.15, 0.2) is 54.7 Å². The van der Waals surface area contributed by atoms with Gasteiger partial charge in [-0.05, 0) is 23.3 Å². The predicted molar refractivity (Wildman–Crippen MR) is 82.0 cm³/mol. The first-order valence-electron chi connectivity index (χ1n) is 6.69. The molecule has 1 aromatic heterocycles. The molecule has 0 aliphatic heterocycles. The lowest BCUT2D eigenvalue weighted by atomic mass is 10.1. The molecule has 0 bridgehead atoms. The Morgan fingerprint density at radius 3 is 2.52 bits per heavy atom. The van der Waals surface area contributed by atoms with Crippen molar-refractivity contribution in [3.63, 3.8) is 0 Å². The van der Waals surface area contributed by atoms with E-state index in [1.165, 1.54) is 12.1 Å². The summed E-state index contributed by atoms with van der Waals surface area (Å²) in [5.74, 6) is 0. The first-order chi connectivity index (χ1) is 10.2. The van der Waals surface area contributed by atoms with E-state index in [2.05, 4.69) is 16.7 Å². The molecule has 0 aliphatic rings. The van der Waals surface area contributed by atoms with Gasteiger partial charge in [0.1, 0.15) is 0 Å².